The first-order valence-corrected chi connectivity index (χ1v) is 7.55. The van der Waals surface area contributed by atoms with E-state index in [1.807, 2.05) is 0 Å². The van der Waals surface area contributed by atoms with Crippen LogP contribution in [0.3, 0.4) is 0 Å². The number of rotatable bonds is 0. The minimum Gasteiger partial charge on any atom is -0.380 e. The average Bonchev–Trinajstić information content (AvgIpc) is 2.97. The molecule has 4 aliphatic rings. The second kappa shape index (κ2) is 3.32. The van der Waals surface area contributed by atoms with Crippen molar-refractivity contribution in [3.8, 4) is 0 Å². The molecule has 0 saturated heterocycles. The molecular weight excluding hydrogens is 253 g/mol. The minimum absolute atomic E-state index is 0.0351. The Balaban J connectivity index is 1.71. The topological polar surface area (TPSA) is 20.2 Å². The Kier molecular flexibility index (Phi) is 2.18. The van der Waals surface area contributed by atoms with Gasteiger partial charge < -0.3 is 5.11 Å². The molecule has 4 rings (SSSR count). The minimum atomic E-state index is -4.45. The maximum absolute atomic E-state index is 13.2. The molecule has 0 heterocycles. The van der Waals surface area contributed by atoms with Crippen LogP contribution >= 0.6 is 0 Å². The van der Waals surface area contributed by atoms with Gasteiger partial charge in [0.05, 0.1) is 0 Å². The number of fused-ring (bicyclic) bond motifs is 9. The van der Waals surface area contributed by atoms with Gasteiger partial charge in [-0.25, -0.2) is 0 Å². The lowest BCUT2D eigenvalue weighted by atomic mass is 9.61. The maximum atomic E-state index is 13.2. The van der Waals surface area contributed by atoms with Crippen LogP contribution in [-0.2, 0) is 0 Å². The molecule has 1 N–H and O–H groups in total. The summed E-state index contributed by atoms with van der Waals surface area (Å²) in [6.45, 7) is 4.47. The number of hydrogen-bond acceptors (Lipinski definition) is 1. The monoisotopic (exact) mass is 274 g/mol. The van der Waals surface area contributed by atoms with E-state index in [4.69, 9.17) is 0 Å². The molecule has 0 aromatic carbocycles. The van der Waals surface area contributed by atoms with Gasteiger partial charge in [-0.1, -0.05) is 13.8 Å². The highest BCUT2D eigenvalue weighted by molar-refractivity contribution is 5.19. The second-order valence-electron chi connectivity index (χ2n) is 7.66. The number of halogens is 3. The fourth-order valence-electron chi connectivity index (χ4n) is 6.59. The van der Waals surface area contributed by atoms with Crippen molar-refractivity contribution >= 4 is 0 Å². The zero-order valence-electron chi connectivity index (χ0n) is 11.3. The molecule has 4 saturated carbocycles. The van der Waals surface area contributed by atoms with Gasteiger partial charge in [0, 0.05) is 5.92 Å². The van der Waals surface area contributed by atoms with Gasteiger partial charge in [-0.3, -0.25) is 0 Å². The molecule has 0 amide bonds. The van der Waals surface area contributed by atoms with Crippen LogP contribution in [0, 0.1) is 47.3 Å². The third-order valence-electron chi connectivity index (χ3n) is 7.40. The molecule has 19 heavy (non-hydrogen) atoms. The molecular formula is C15H21F3O. The van der Waals surface area contributed by atoms with Crippen molar-refractivity contribution in [3.05, 3.63) is 0 Å². The molecule has 108 valence electrons. The summed E-state index contributed by atoms with van der Waals surface area (Å²) >= 11 is 0. The lowest BCUT2D eigenvalue weighted by Crippen LogP contribution is -2.55. The molecule has 0 radical (unpaired) electrons. The van der Waals surface area contributed by atoms with Crippen molar-refractivity contribution < 1.29 is 18.3 Å². The summed E-state index contributed by atoms with van der Waals surface area (Å²) in [6, 6.07) is 0. The Bertz CT molecular complexity index is 420. The quantitative estimate of drug-likeness (QED) is 0.671. The van der Waals surface area contributed by atoms with Crippen molar-refractivity contribution in [2.75, 3.05) is 0 Å². The van der Waals surface area contributed by atoms with Crippen LogP contribution in [-0.4, -0.2) is 16.9 Å². The average molecular weight is 274 g/mol. The van der Waals surface area contributed by atoms with E-state index in [9.17, 15) is 18.3 Å². The van der Waals surface area contributed by atoms with Crippen molar-refractivity contribution in [2.24, 2.45) is 47.3 Å². The number of hydrogen-bond donors (Lipinski definition) is 1. The normalized spacial score (nSPS) is 62.8. The van der Waals surface area contributed by atoms with Gasteiger partial charge in [0.25, 0.3) is 0 Å². The third kappa shape index (κ3) is 1.23. The van der Waals surface area contributed by atoms with Crippen LogP contribution < -0.4 is 0 Å². The van der Waals surface area contributed by atoms with Gasteiger partial charge in [-0.15, -0.1) is 0 Å². The molecule has 9 unspecified atom stereocenters. The molecule has 4 aliphatic carbocycles. The molecule has 4 fully saturated rings. The highest BCUT2D eigenvalue weighted by Gasteiger charge is 2.75. The molecule has 0 spiro atoms. The van der Waals surface area contributed by atoms with Gasteiger partial charge in [-0.2, -0.15) is 13.2 Å². The fraction of sp³-hybridized carbons (Fsp3) is 1.00. The summed E-state index contributed by atoms with van der Waals surface area (Å²) in [6.07, 6.45) is -2.77. The lowest BCUT2D eigenvalue weighted by molar-refractivity contribution is -0.288. The smallest absolute Gasteiger partial charge is 0.380 e. The molecule has 0 aromatic heterocycles. The van der Waals surface area contributed by atoms with Gasteiger partial charge >= 0.3 is 6.18 Å². The van der Waals surface area contributed by atoms with Crippen LogP contribution in [0.4, 0.5) is 13.2 Å². The largest absolute Gasteiger partial charge is 0.417 e. The van der Waals surface area contributed by atoms with Crippen molar-refractivity contribution in [2.45, 2.75) is 44.9 Å². The maximum Gasteiger partial charge on any atom is 0.417 e. The van der Waals surface area contributed by atoms with Gasteiger partial charge in [0.1, 0.15) is 0 Å². The number of alkyl halides is 3. The van der Waals surface area contributed by atoms with Crippen LogP contribution in [0.1, 0.15) is 33.1 Å². The SMILES string of the molecule is CC1C(C)C2CC1C1C3CC(C21)C(O)(C(F)(F)F)C3. The fourth-order valence-corrected chi connectivity index (χ4v) is 6.59. The Morgan fingerprint density at radius 1 is 1.00 bits per heavy atom. The van der Waals surface area contributed by atoms with Crippen molar-refractivity contribution in [3.63, 3.8) is 0 Å². The van der Waals surface area contributed by atoms with E-state index in [1.54, 1.807) is 0 Å². The van der Waals surface area contributed by atoms with E-state index >= 15 is 0 Å². The van der Waals surface area contributed by atoms with Gasteiger partial charge in [0.2, 0.25) is 0 Å². The summed E-state index contributed by atoms with van der Waals surface area (Å²) in [5.41, 5.74) is -2.38. The number of aliphatic hydroxyl groups is 1. The molecule has 4 bridgehead atoms. The standard InChI is InChI=1S/C15H21F3O/c1-6-7(2)10-4-9(6)12-8-3-11(13(10)12)14(19,5-8)15(16,17)18/h6-13,19H,3-5H2,1-2H3. The predicted molar refractivity (Wildman–Crippen MR) is 64.1 cm³/mol. The molecule has 0 aromatic rings. The first kappa shape index (κ1) is 12.5. The summed E-state index contributed by atoms with van der Waals surface area (Å²) in [4.78, 5) is 0. The zero-order valence-corrected chi connectivity index (χ0v) is 11.3. The molecule has 0 aliphatic heterocycles. The predicted octanol–water partition coefficient (Wildman–Crippen LogP) is 3.47. The highest BCUT2D eigenvalue weighted by atomic mass is 19.4. The molecule has 9 atom stereocenters. The van der Waals surface area contributed by atoms with Gasteiger partial charge in [0.15, 0.2) is 5.60 Å². The Hall–Kier alpha value is -0.250. The zero-order chi connectivity index (χ0) is 13.7. The summed E-state index contributed by atoms with van der Waals surface area (Å²) < 4.78 is 39.7. The van der Waals surface area contributed by atoms with Crippen molar-refractivity contribution in [1.82, 2.24) is 0 Å². The van der Waals surface area contributed by atoms with E-state index in [-0.39, 0.29) is 18.3 Å². The molecule has 4 heteroatoms. The van der Waals surface area contributed by atoms with E-state index in [0.29, 0.717) is 36.0 Å². The van der Waals surface area contributed by atoms with Gasteiger partial charge in [-0.05, 0) is 60.7 Å². The lowest BCUT2D eigenvalue weighted by Gasteiger charge is -2.47. The van der Waals surface area contributed by atoms with Crippen LogP contribution in [0.5, 0.6) is 0 Å². The van der Waals surface area contributed by atoms with Crippen LogP contribution in [0.2, 0.25) is 0 Å². The van der Waals surface area contributed by atoms with E-state index in [2.05, 4.69) is 13.8 Å². The first-order valence-electron chi connectivity index (χ1n) is 7.55. The summed E-state index contributed by atoms with van der Waals surface area (Å²) in [5.74, 6) is 2.45. The molecule has 1 nitrogen and oxygen atoms in total. The third-order valence-corrected chi connectivity index (χ3v) is 7.40. The van der Waals surface area contributed by atoms with E-state index < -0.39 is 17.7 Å². The Morgan fingerprint density at radius 2 is 1.58 bits per heavy atom. The van der Waals surface area contributed by atoms with E-state index in [1.165, 1.54) is 0 Å². The van der Waals surface area contributed by atoms with Crippen LogP contribution in [0.25, 0.3) is 0 Å². The van der Waals surface area contributed by atoms with Crippen LogP contribution in [0.15, 0.2) is 0 Å². The first-order chi connectivity index (χ1) is 8.75. The summed E-state index contributed by atoms with van der Waals surface area (Å²) in [7, 11) is 0. The van der Waals surface area contributed by atoms with E-state index in [0.717, 1.165) is 6.42 Å². The Morgan fingerprint density at radius 3 is 2.16 bits per heavy atom. The summed E-state index contributed by atoms with van der Waals surface area (Å²) in [5, 5.41) is 10.2. The second-order valence-corrected chi connectivity index (χ2v) is 7.66. The Labute approximate surface area is 111 Å². The van der Waals surface area contributed by atoms with Crippen molar-refractivity contribution in [1.29, 1.82) is 0 Å². The highest BCUT2D eigenvalue weighted by Crippen LogP contribution is 2.73.